The van der Waals surface area contributed by atoms with E-state index in [1.807, 2.05) is 4.90 Å². The average molecular weight is 449 g/mol. The third-order valence-electron chi connectivity index (χ3n) is 6.64. The van der Waals surface area contributed by atoms with Crippen molar-refractivity contribution in [2.24, 2.45) is 7.05 Å². The lowest BCUT2D eigenvalue weighted by Crippen LogP contribution is -2.41. The van der Waals surface area contributed by atoms with Crippen LogP contribution in [0.4, 0.5) is 13.2 Å². The smallest absolute Gasteiger partial charge is 0.254 e. The van der Waals surface area contributed by atoms with Crippen molar-refractivity contribution in [2.75, 3.05) is 0 Å². The predicted octanol–water partition coefficient (Wildman–Crippen LogP) is 4.35. The number of carbonyl (C=O) groups is 1. The molecule has 0 spiro atoms. The molecule has 0 radical (unpaired) electrons. The molecule has 0 aliphatic carbocycles. The van der Waals surface area contributed by atoms with Crippen LogP contribution in [0.15, 0.2) is 42.7 Å². The highest BCUT2D eigenvalue weighted by atomic mass is 19.2. The fourth-order valence-electron chi connectivity index (χ4n) is 5.25. The van der Waals surface area contributed by atoms with E-state index in [1.54, 1.807) is 42.3 Å². The second-order valence-electron chi connectivity index (χ2n) is 8.51. The number of rotatable bonds is 2. The zero-order valence-corrected chi connectivity index (χ0v) is 17.6. The maximum absolute atomic E-state index is 13.9. The van der Waals surface area contributed by atoms with Crippen LogP contribution >= 0.6 is 0 Å². The van der Waals surface area contributed by atoms with Gasteiger partial charge in [-0.2, -0.15) is 5.10 Å². The molecular weight excluding hydrogens is 431 g/mol. The Morgan fingerprint density at radius 3 is 2.48 bits per heavy atom. The number of benzene rings is 2. The average Bonchev–Trinajstić information content (AvgIpc) is 3.32. The summed E-state index contributed by atoms with van der Waals surface area (Å²) in [7, 11) is 1.69. The highest BCUT2D eigenvalue weighted by Gasteiger charge is 2.45. The van der Waals surface area contributed by atoms with Crippen LogP contribution in [0, 0.1) is 17.5 Å². The van der Waals surface area contributed by atoms with E-state index < -0.39 is 17.5 Å². The third-order valence-corrected chi connectivity index (χ3v) is 6.64. The minimum atomic E-state index is -1.49. The topological polar surface area (TPSA) is 63.9 Å². The van der Waals surface area contributed by atoms with Crippen molar-refractivity contribution < 1.29 is 18.0 Å². The molecule has 2 unspecified atom stereocenters. The van der Waals surface area contributed by atoms with Crippen LogP contribution in [0.2, 0.25) is 0 Å². The Bertz CT molecular complexity index is 1430. The van der Waals surface area contributed by atoms with E-state index in [1.165, 1.54) is 0 Å². The minimum Gasteiger partial charge on any atom is -0.327 e. The van der Waals surface area contributed by atoms with Gasteiger partial charge in [0.05, 0.1) is 28.5 Å². The normalized spacial score (nSPS) is 19.2. The standard InChI is InChI=1S/C24H18F3N5O/c1-31-23(13-8-16(25)21(27)17(26)9-13)15-11-14-3-5-20(22(15)30-31)32(14)24(33)12-2-4-18-19(10-12)29-7-6-28-18/h2,4,6-10,14,20H,3,5,11H2,1H3. The molecule has 1 fully saturated rings. The Morgan fingerprint density at radius 2 is 1.73 bits per heavy atom. The number of hydrogen-bond acceptors (Lipinski definition) is 4. The first kappa shape index (κ1) is 19.9. The number of halogens is 3. The van der Waals surface area contributed by atoms with Crippen LogP contribution in [0.25, 0.3) is 22.3 Å². The van der Waals surface area contributed by atoms with Gasteiger partial charge >= 0.3 is 0 Å². The Labute approximate surface area is 186 Å². The van der Waals surface area contributed by atoms with Crippen LogP contribution in [0.3, 0.4) is 0 Å². The summed E-state index contributed by atoms with van der Waals surface area (Å²) in [6.07, 6.45) is 5.25. The highest BCUT2D eigenvalue weighted by molar-refractivity contribution is 5.98. The zero-order chi connectivity index (χ0) is 22.9. The Hall–Kier alpha value is -3.75. The molecule has 33 heavy (non-hydrogen) atoms. The van der Waals surface area contributed by atoms with Crippen molar-refractivity contribution in [1.29, 1.82) is 0 Å². The van der Waals surface area contributed by atoms with Crippen LogP contribution in [0.1, 0.15) is 40.5 Å². The van der Waals surface area contributed by atoms with E-state index in [4.69, 9.17) is 0 Å². The van der Waals surface area contributed by atoms with E-state index in [0.29, 0.717) is 28.7 Å². The quantitative estimate of drug-likeness (QED) is 0.427. The fraction of sp³-hybridized carbons (Fsp3) is 0.250. The number of aryl methyl sites for hydroxylation is 1. The molecule has 2 aromatic heterocycles. The van der Waals surface area contributed by atoms with Gasteiger partial charge < -0.3 is 4.90 Å². The van der Waals surface area contributed by atoms with Crippen molar-refractivity contribution in [3.8, 4) is 11.3 Å². The van der Waals surface area contributed by atoms with Gasteiger partial charge in [0.25, 0.3) is 5.91 Å². The number of hydrogen-bond donors (Lipinski definition) is 0. The van der Waals surface area contributed by atoms with Crippen molar-refractivity contribution >= 4 is 16.9 Å². The van der Waals surface area contributed by atoms with Gasteiger partial charge in [0.1, 0.15) is 0 Å². The fourth-order valence-corrected chi connectivity index (χ4v) is 5.25. The largest absolute Gasteiger partial charge is 0.327 e. The first-order chi connectivity index (χ1) is 15.9. The molecule has 0 saturated carbocycles. The molecule has 2 aromatic carbocycles. The highest BCUT2D eigenvalue weighted by Crippen LogP contribution is 2.46. The van der Waals surface area contributed by atoms with Crippen LogP contribution in [-0.4, -0.2) is 36.6 Å². The lowest BCUT2D eigenvalue weighted by Gasteiger charge is -2.34. The van der Waals surface area contributed by atoms with Crippen molar-refractivity contribution in [2.45, 2.75) is 31.3 Å². The number of aromatic nitrogens is 4. The van der Waals surface area contributed by atoms with Crippen molar-refractivity contribution in [3.05, 3.63) is 77.0 Å². The summed E-state index contributed by atoms with van der Waals surface area (Å²) in [4.78, 5) is 23.9. The van der Waals surface area contributed by atoms with Gasteiger partial charge in [-0.05, 0) is 49.6 Å². The summed E-state index contributed by atoms with van der Waals surface area (Å²) in [5.41, 5.74) is 4.24. The van der Waals surface area contributed by atoms with Gasteiger partial charge in [0.2, 0.25) is 0 Å². The second-order valence-corrected chi connectivity index (χ2v) is 8.51. The number of carbonyl (C=O) groups excluding carboxylic acids is 1. The molecule has 4 heterocycles. The van der Waals surface area contributed by atoms with E-state index in [-0.39, 0.29) is 23.6 Å². The Morgan fingerprint density at radius 1 is 1.00 bits per heavy atom. The predicted molar refractivity (Wildman–Crippen MR) is 114 cm³/mol. The Kier molecular flexibility index (Phi) is 4.30. The summed E-state index contributed by atoms with van der Waals surface area (Å²) in [6, 6.07) is 6.96. The zero-order valence-electron chi connectivity index (χ0n) is 17.6. The second kappa shape index (κ2) is 7.13. The van der Waals surface area contributed by atoms with E-state index in [2.05, 4.69) is 15.1 Å². The lowest BCUT2D eigenvalue weighted by atomic mass is 9.94. The SMILES string of the molecule is Cn1nc2c(c1-c1cc(F)c(F)c(F)c1)CC1CCC2N1C(=O)c1ccc2nccnc2c1. The van der Waals surface area contributed by atoms with Crippen LogP contribution in [-0.2, 0) is 13.5 Å². The summed E-state index contributed by atoms with van der Waals surface area (Å²) in [5.74, 6) is -4.08. The Balaban J connectivity index is 1.40. The third kappa shape index (κ3) is 2.95. The maximum Gasteiger partial charge on any atom is 0.254 e. The molecule has 2 aliphatic heterocycles. The van der Waals surface area contributed by atoms with E-state index >= 15 is 0 Å². The monoisotopic (exact) mass is 449 g/mol. The number of amides is 1. The van der Waals surface area contributed by atoms with Gasteiger partial charge in [0, 0.05) is 42.2 Å². The van der Waals surface area contributed by atoms with Gasteiger partial charge in [-0.25, -0.2) is 13.2 Å². The molecule has 2 atom stereocenters. The number of fused-ring (bicyclic) bond motifs is 5. The molecule has 166 valence electrons. The van der Waals surface area contributed by atoms with Crippen LogP contribution < -0.4 is 0 Å². The first-order valence-electron chi connectivity index (χ1n) is 10.7. The molecule has 2 bridgehead atoms. The van der Waals surface area contributed by atoms with Gasteiger partial charge in [-0.3, -0.25) is 19.4 Å². The number of nitrogens with zero attached hydrogens (tertiary/aromatic N) is 5. The van der Waals surface area contributed by atoms with E-state index in [0.717, 1.165) is 36.2 Å². The van der Waals surface area contributed by atoms with Crippen molar-refractivity contribution in [1.82, 2.24) is 24.6 Å². The summed E-state index contributed by atoms with van der Waals surface area (Å²) >= 11 is 0. The molecule has 4 aromatic rings. The molecule has 1 saturated heterocycles. The summed E-state index contributed by atoms with van der Waals surface area (Å²) < 4.78 is 42.9. The lowest BCUT2D eigenvalue weighted by molar-refractivity contribution is 0.0642. The summed E-state index contributed by atoms with van der Waals surface area (Å²) in [6.45, 7) is 0. The molecule has 6 nitrogen and oxygen atoms in total. The van der Waals surface area contributed by atoms with Gasteiger partial charge in [-0.1, -0.05) is 0 Å². The molecule has 1 amide bonds. The minimum absolute atomic E-state index is 0.0642. The van der Waals surface area contributed by atoms with Gasteiger partial charge in [0.15, 0.2) is 17.5 Å². The first-order valence-corrected chi connectivity index (χ1v) is 10.7. The van der Waals surface area contributed by atoms with E-state index in [9.17, 15) is 18.0 Å². The molecule has 2 aliphatic rings. The summed E-state index contributed by atoms with van der Waals surface area (Å²) in [5, 5.41) is 4.63. The molecule has 6 rings (SSSR count). The molecule has 0 N–H and O–H groups in total. The molecule has 9 heteroatoms. The molecular formula is C24H18F3N5O. The van der Waals surface area contributed by atoms with Crippen LogP contribution in [0.5, 0.6) is 0 Å². The van der Waals surface area contributed by atoms with Gasteiger partial charge in [-0.15, -0.1) is 0 Å². The maximum atomic E-state index is 13.9. The van der Waals surface area contributed by atoms with Crippen molar-refractivity contribution in [3.63, 3.8) is 0 Å².